The van der Waals surface area contributed by atoms with Gasteiger partial charge >= 0.3 is 0 Å². The Morgan fingerprint density at radius 2 is 1.36 bits per heavy atom. The zero-order valence-corrected chi connectivity index (χ0v) is 20.6. The fourth-order valence-electron chi connectivity index (χ4n) is 4.98. The smallest absolute Gasteiger partial charge is 0.221 e. The first-order valence-electron chi connectivity index (χ1n) is 11.6. The average molecular weight is 507 g/mol. The quantitative estimate of drug-likeness (QED) is 0.243. The van der Waals surface area contributed by atoms with Gasteiger partial charge in [0, 0.05) is 26.7 Å². The van der Waals surface area contributed by atoms with Crippen LogP contribution in [-0.4, -0.2) is 5.78 Å². The summed E-state index contributed by atoms with van der Waals surface area (Å²) in [5.41, 5.74) is 2.86. The van der Waals surface area contributed by atoms with E-state index in [4.69, 9.17) is 27.9 Å². The van der Waals surface area contributed by atoms with Crippen molar-refractivity contribution in [3.63, 3.8) is 0 Å². The van der Waals surface area contributed by atoms with Gasteiger partial charge in [-0.25, -0.2) is 0 Å². The molecule has 6 rings (SSSR count). The van der Waals surface area contributed by atoms with Gasteiger partial charge in [0.05, 0.1) is 0 Å². The monoisotopic (exact) mass is 506 g/mol. The molecule has 0 fully saturated rings. The highest BCUT2D eigenvalue weighted by atomic mass is 35.5. The molecular formula is C32H20Cl2O2. The van der Waals surface area contributed by atoms with E-state index in [9.17, 15) is 4.79 Å². The molecule has 2 nitrogen and oxygen atoms in total. The molecule has 1 atom stereocenters. The lowest BCUT2D eigenvalue weighted by molar-refractivity contribution is -0.127. The van der Waals surface area contributed by atoms with Gasteiger partial charge < -0.3 is 4.74 Å². The van der Waals surface area contributed by atoms with Crippen LogP contribution in [0.4, 0.5) is 0 Å². The first kappa shape index (κ1) is 22.6. The first-order valence-corrected chi connectivity index (χ1v) is 12.4. The van der Waals surface area contributed by atoms with Crippen molar-refractivity contribution in [2.24, 2.45) is 0 Å². The number of fused-ring (bicyclic) bond motifs is 2. The van der Waals surface area contributed by atoms with Crippen LogP contribution >= 0.6 is 23.2 Å². The molecule has 0 heterocycles. The number of ketones is 1. The van der Waals surface area contributed by atoms with Gasteiger partial charge in [-0.2, -0.15) is 0 Å². The molecule has 4 heteroatoms. The minimum atomic E-state index is -1.38. The van der Waals surface area contributed by atoms with Crippen molar-refractivity contribution in [2.75, 3.05) is 0 Å². The maximum atomic E-state index is 13.9. The summed E-state index contributed by atoms with van der Waals surface area (Å²) < 4.78 is 6.95. The molecule has 0 N–H and O–H groups in total. The normalized spacial score (nSPS) is 16.7. The largest absolute Gasteiger partial charge is 0.469 e. The second-order valence-electron chi connectivity index (χ2n) is 8.75. The standard InChI is InChI=1S/C32H20Cl2O2/c33-25-13-15-27-22(19-25)11-17-29(31(27)21-7-3-1-4-8-21)36-32(24-9-5-2-6-10-24)28-16-14-26(34)20-23(28)12-18-30(32)35/h1-20H. The number of rotatable bonds is 4. The second kappa shape index (κ2) is 8.98. The van der Waals surface area contributed by atoms with Gasteiger partial charge in [-0.3, -0.25) is 4.79 Å². The van der Waals surface area contributed by atoms with Gasteiger partial charge in [0.1, 0.15) is 5.75 Å². The molecule has 0 saturated heterocycles. The van der Waals surface area contributed by atoms with Gasteiger partial charge in [-0.05, 0) is 58.3 Å². The van der Waals surface area contributed by atoms with Crippen LogP contribution in [0.25, 0.3) is 28.0 Å². The molecule has 0 radical (unpaired) electrons. The number of halogens is 2. The lowest BCUT2D eigenvalue weighted by Crippen LogP contribution is -2.44. The molecule has 0 amide bonds. The molecule has 0 spiro atoms. The minimum absolute atomic E-state index is 0.154. The van der Waals surface area contributed by atoms with Gasteiger partial charge in [0.15, 0.2) is 0 Å². The topological polar surface area (TPSA) is 26.3 Å². The molecule has 1 aliphatic rings. The van der Waals surface area contributed by atoms with Gasteiger partial charge in [0.25, 0.3) is 0 Å². The van der Waals surface area contributed by atoms with E-state index in [2.05, 4.69) is 0 Å². The molecule has 0 bridgehead atoms. The van der Waals surface area contributed by atoms with E-state index in [1.54, 1.807) is 18.2 Å². The Bertz CT molecular complexity index is 1640. The van der Waals surface area contributed by atoms with Gasteiger partial charge in [0.2, 0.25) is 11.4 Å². The zero-order valence-electron chi connectivity index (χ0n) is 19.1. The fraction of sp³-hybridized carbons (Fsp3) is 0.0312. The molecule has 0 aliphatic heterocycles. The Morgan fingerprint density at radius 1 is 0.667 bits per heavy atom. The molecular weight excluding hydrogens is 487 g/mol. The van der Waals surface area contributed by atoms with Gasteiger partial charge in [-0.15, -0.1) is 0 Å². The third-order valence-electron chi connectivity index (χ3n) is 6.60. The van der Waals surface area contributed by atoms with E-state index < -0.39 is 5.60 Å². The molecule has 1 aliphatic carbocycles. The summed E-state index contributed by atoms with van der Waals surface area (Å²) in [6, 6.07) is 34.9. The Hall–Kier alpha value is -3.85. The molecule has 1 unspecified atom stereocenters. The predicted octanol–water partition coefficient (Wildman–Crippen LogP) is 8.73. The predicted molar refractivity (Wildman–Crippen MR) is 148 cm³/mol. The zero-order chi connectivity index (χ0) is 24.7. The average Bonchev–Trinajstić information content (AvgIpc) is 2.91. The Labute approximate surface area is 219 Å². The highest BCUT2D eigenvalue weighted by molar-refractivity contribution is 6.31. The molecule has 36 heavy (non-hydrogen) atoms. The summed E-state index contributed by atoms with van der Waals surface area (Å²) in [4.78, 5) is 13.9. The number of carbonyl (C=O) groups excluding carboxylic acids is 1. The SMILES string of the molecule is O=C1C=Cc2cc(Cl)ccc2C1(Oc1ccc2cc(Cl)ccc2c1-c1ccccc1)c1ccccc1. The third kappa shape index (κ3) is 3.71. The summed E-state index contributed by atoms with van der Waals surface area (Å²) in [6.07, 6.45) is 3.38. The number of ether oxygens (including phenoxy) is 1. The maximum absolute atomic E-state index is 13.9. The summed E-state index contributed by atoms with van der Waals surface area (Å²) in [6.45, 7) is 0. The van der Waals surface area contributed by atoms with Crippen molar-refractivity contribution < 1.29 is 9.53 Å². The van der Waals surface area contributed by atoms with Crippen molar-refractivity contribution >= 4 is 45.8 Å². The number of carbonyl (C=O) groups is 1. The van der Waals surface area contributed by atoms with Crippen molar-refractivity contribution in [3.05, 3.63) is 142 Å². The van der Waals surface area contributed by atoms with Gasteiger partial charge in [-0.1, -0.05) is 108 Å². The van der Waals surface area contributed by atoms with E-state index in [-0.39, 0.29) is 5.78 Å². The van der Waals surface area contributed by atoms with Crippen LogP contribution in [0, 0.1) is 0 Å². The Morgan fingerprint density at radius 3 is 2.14 bits per heavy atom. The van der Waals surface area contributed by atoms with E-state index in [0.717, 1.165) is 38.6 Å². The van der Waals surface area contributed by atoms with Crippen LogP contribution in [0.3, 0.4) is 0 Å². The molecule has 174 valence electrons. The van der Waals surface area contributed by atoms with E-state index >= 15 is 0 Å². The highest BCUT2D eigenvalue weighted by Crippen LogP contribution is 2.46. The Balaban J connectivity index is 1.65. The van der Waals surface area contributed by atoms with Crippen molar-refractivity contribution in [3.8, 4) is 16.9 Å². The van der Waals surface area contributed by atoms with Crippen LogP contribution in [0.2, 0.25) is 10.0 Å². The summed E-state index contributed by atoms with van der Waals surface area (Å²) in [7, 11) is 0. The minimum Gasteiger partial charge on any atom is -0.469 e. The highest BCUT2D eigenvalue weighted by Gasteiger charge is 2.46. The van der Waals surface area contributed by atoms with E-state index in [1.165, 1.54) is 0 Å². The van der Waals surface area contributed by atoms with Crippen LogP contribution in [0.1, 0.15) is 16.7 Å². The van der Waals surface area contributed by atoms with Crippen molar-refractivity contribution in [2.45, 2.75) is 5.60 Å². The lowest BCUT2D eigenvalue weighted by Gasteiger charge is -2.37. The summed E-state index contributed by atoms with van der Waals surface area (Å²) in [5.74, 6) is 0.447. The fourth-order valence-corrected chi connectivity index (χ4v) is 5.34. The molecule has 5 aromatic rings. The first-order chi connectivity index (χ1) is 17.6. The van der Waals surface area contributed by atoms with Crippen LogP contribution in [0.15, 0.2) is 115 Å². The summed E-state index contributed by atoms with van der Waals surface area (Å²) in [5, 5.41) is 3.24. The number of hydrogen-bond donors (Lipinski definition) is 0. The lowest BCUT2D eigenvalue weighted by atomic mass is 9.76. The number of hydrogen-bond acceptors (Lipinski definition) is 2. The Kier molecular flexibility index (Phi) is 5.64. The molecule has 5 aromatic carbocycles. The molecule has 0 aromatic heterocycles. The van der Waals surface area contributed by atoms with E-state index in [1.807, 2.05) is 103 Å². The third-order valence-corrected chi connectivity index (χ3v) is 7.07. The van der Waals surface area contributed by atoms with E-state index in [0.29, 0.717) is 15.8 Å². The maximum Gasteiger partial charge on any atom is 0.221 e. The van der Waals surface area contributed by atoms with Crippen LogP contribution in [-0.2, 0) is 10.4 Å². The number of benzene rings is 5. The second-order valence-corrected chi connectivity index (χ2v) is 9.62. The van der Waals surface area contributed by atoms with Crippen molar-refractivity contribution in [1.29, 1.82) is 0 Å². The van der Waals surface area contributed by atoms with Crippen LogP contribution in [0.5, 0.6) is 5.75 Å². The molecule has 0 saturated carbocycles. The summed E-state index contributed by atoms with van der Waals surface area (Å²) >= 11 is 12.6. The van der Waals surface area contributed by atoms with Crippen molar-refractivity contribution in [1.82, 2.24) is 0 Å². The van der Waals surface area contributed by atoms with Crippen LogP contribution < -0.4 is 4.74 Å².